The molecule has 0 amide bonds. The second-order valence-corrected chi connectivity index (χ2v) is 5.71. The molecule has 1 aromatic rings. The van der Waals surface area contributed by atoms with Gasteiger partial charge in [0.25, 0.3) is 0 Å². The van der Waals surface area contributed by atoms with Crippen molar-refractivity contribution in [2.24, 2.45) is 5.92 Å². The van der Waals surface area contributed by atoms with Crippen LogP contribution in [0, 0.1) is 11.7 Å². The molecule has 0 spiro atoms. The minimum absolute atomic E-state index is 0.134. The molecule has 2 fully saturated rings. The van der Waals surface area contributed by atoms with E-state index < -0.39 is 0 Å². The Morgan fingerprint density at radius 2 is 1.82 bits per heavy atom. The molecule has 0 heterocycles. The summed E-state index contributed by atoms with van der Waals surface area (Å²) in [4.78, 5) is 0. The van der Waals surface area contributed by atoms with Gasteiger partial charge in [-0.2, -0.15) is 0 Å². The maximum absolute atomic E-state index is 12.8. The van der Waals surface area contributed by atoms with Crippen LogP contribution in [0.5, 0.6) is 0 Å². The van der Waals surface area contributed by atoms with E-state index in [1.54, 1.807) is 12.1 Å². The first-order chi connectivity index (χ1) is 8.22. The summed E-state index contributed by atoms with van der Waals surface area (Å²) >= 11 is 0. The predicted octanol–water partition coefficient (Wildman–Crippen LogP) is 3.46. The first kappa shape index (κ1) is 11.2. The van der Waals surface area contributed by atoms with Gasteiger partial charge in [0, 0.05) is 12.1 Å². The van der Waals surface area contributed by atoms with Crippen molar-refractivity contribution in [3.05, 3.63) is 35.6 Å². The molecule has 3 rings (SSSR count). The van der Waals surface area contributed by atoms with Gasteiger partial charge in [0.05, 0.1) is 0 Å². The highest BCUT2D eigenvalue weighted by Gasteiger charge is 2.34. The standard InChI is InChI=1S/C15H20FN/c1-10(11-2-3-11)17-15-8-13(9-15)12-4-6-14(16)7-5-12/h4-7,10-11,13,15,17H,2-3,8-9H2,1H3. The average molecular weight is 233 g/mol. The number of hydrogen-bond donors (Lipinski definition) is 1. The molecule has 0 saturated heterocycles. The first-order valence-electron chi connectivity index (χ1n) is 6.74. The van der Waals surface area contributed by atoms with Gasteiger partial charge in [-0.3, -0.25) is 0 Å². The highest BCUT2D eigenvalue weighted by molar-refractivity contribution is 5.23. The number of rotatable bonds is 4. The number of nitrogens with one attached hydrogen (secondary N) is 1. The molecule has 2 heteroatoms. The van der Waals surface area contributed by atoms with E-state index in [0.29, 0.717) is 18.0 Å². The molecule has 1 aromatic carbocycles. The largest absolute Gasteiger partial charge is 0.311 e. The summed E-state index contributed by atoms with van der Waals surface area (Å²) < 4.78 is 12.8. The van der Waals surface area contributed by atoms with Crippen molar-refractivity contribution in [3.63, 3.8) is 0 Å². The van der Waals surface area contributed by atoms with Crippen LogP contribution in [-0.2, 0) is 0 Å². The number of benzene rings is 1. The lowest BCUT2D eigenvalue weighted by atomic mass is 9.75. The molecule has 1 unspecified atom stereocenters. The van der Waals surface area contributed by atoms with Crippen LogP contribution in [0.2, 0.25) is 0 Å². The monoisotopic (exact) mass is 233 g/mol. The minimum Gasteiger partial charge on any atom is -0.311 e. The normalized spacial score (nSPS) is 29.8. The summed E-state index contributed by atoms with van der Waals surface area (Å²) in [5.74, 6) is 1.43. The van der Waals surface area contributed by atoms with Crippen LogP contribution in [0.4, 0.5) is 4.39 Å². The second-order valence-electron chi connectivity index (χ2n) is 5.71. The molecule has 2 aliphatic rings. The highest BCUT2D eigenvalue weighted by atomic mass is 19.1. The van der Waals surface area contributed by atoms with Gasteiger partial charge < -0.3 is 5.32 Å². The molecule has 92 valence electrons. The van der Waals surface area contributed by atoms with Gasteiger partial charge in [0.2, 0.25) is 0 Å². The predicted molar refractivity (Wildman–Crippen MR) is 67.5 cm³/mol. The third kappa shape index (κ3) is 2.52. The molecular formula is C15H20FN. The first-order valence-corrected chi connectivity index (χ1v) is 6.74. The molecular weight excluding hydrogens is 213 g/mol. The molecule has 1 N–H and O–H groups in total. The smallest absolute Gasteiger partial charge is 0.123 e. The van der Waals surface area contributed by atoms with Crippen LogP contribution < -0.4 is 5.32 Å². The summed E-state index contributed by atoms with van der Waals surface area (Å²) in [6.45, 7) is 2.31. The van der Waals surface area contributed by atoms with E-state index in [0.717, 1.165) is 5.92 Å². The zero-order chi connectivity index (χ0) is 11.8. The topological polar surface area (TPSA) is 12.0 Å². The molecule has 2 saturated carbocycles. The molecule has 0 aliphatic heterocycles. The third-order valence-corrected chi connectivity index (χ3v) is 4.31. The maximum atomic E-state index is 12.8. The molecule has 1 nitrogen and oxygen atoms in total. The number of halogens is 1. The van der Waals surface area contributed by atoms with Crippen molar-refractivity contribution in [2.45, 2.75) is 50.6 Å². The van der Waals surface area contributed by atoms with Crippen LogP contribution in [0.25, 0.3) is 0 Å². The van der Waals surface area contributed by atoms with E-state index in [1.807, 2.05) is 12.1 Å². The van der Waals surface area contributed by atoms with Crippen LogP contribution in [0.1, 0.15) is 44.1 Å². The zero-order valence-electron chi connectivity index (χ0n) is 10.3. The summed E-state index contributed by atoms with van der Waals surface area (Å²) in [5, 5.41) is 3.72. The van der Waals surface area contributed by atoms with Crippen LogP contribution in [0.3, 0.4) is 0 Å². The molecule has 2 aliphatic carbocycles. The van der Waals surface area contributed by atoms with E-state index in [2.05, 4.69) is 12.2 Å². The van der Waals surface area contributed by atoms with Crippen molar-refractivity contribution < 1.29 is 4.39 Å². The lowest BCUT2D eigenvalue weighted by molar-refractivity contribution is 0.260. The molecule has 0 radical (unpaired) electrons. The average Bonchev–Trinajstić information content (AvgIpc) is 3.08. The molecule has 1 atom stereocenters. The Kier molecular flexibility index (Phi) is 2.91. The van der Waals surface area contributed by atoms with Crippen molar-refractivity contribution in [1.82, 2.24) is 5.32 Å². The summed E-state index contributed by atoms with van der Waals surface area (Å²) in [5.41, 5.74) is 1.29. The van der Waals surface area contributed by atoms with Gasteiger partial charge in [-0.15, -0.1) is 0 Å². The van der Waals surface area contributed by atoms with Gasteiger partial charge in [-0.1, -0.05) is 12.1 Å². The van der Waals surface area contributed by atoms with Crippen molar-refractivity contribution in [3.8, 4) is 0 Å². The third-order valence-electron chi connectivity index (χ3n) is 4.31. The Hall–Kier alpha value is -0.890. The van der Waals surface area contributed by atoms with Crippen molar-refractivity contribution >= 4 is 0 Å². The second kappa shape index (κ2) is 4.41. The Morgan fingerprint density at radius 3 is 2.41 bits per heavy atom. The lowest BCUT2D eigenvalue weighted by Crippen LogP contribution is -2.45. The van der Waals surface area contributed by atoms with Crippen molar-refractivity contribution in [1.29, 1.82) is 0 Å². The van der Waals surface area contributed by atoms with Crippen LogP contribution in [0.15, 0.2) is 24.3 Å². The fourth-order valence-electron chi connectivity index (χ4n) is 2.87. The zero-order valence-corrected chi connectivity index (χ0v) is 10.3. The Labute approximate surface area is 102 Å². The summed E-state index contributed by atoms with van der Waals surface area (Å²) in [6, 6.07) is 8.38. The summed E-state index contributed by atoms with van der Waals surface area (Å²) in [7, 11) is 0. The van der Waals surface area contributed by atoms with Crippen LogP contribution in [-0.4, -0.2) is 12.1 Å². The van der Waals surface area contributed by atoms with Crippen molar-refractivity contribution in [2.75, 3.05) is 0 Å². The maximum Gasteiger partial charge on any atom is 0.123 e. The van der Waals surface area contributed by atoms with Gasteiger partial charge in [0.15, 0.2) is 0 Å². The SMILES string of the molecule is CC(NC1CC(c2ccc(F)cc2)C1)C1CC1. The molecule has 17 heavy (non-hydrogen) atoms. The number of hydrogen-bond acceptors (Lipinski definition) is 1. The van der Waals surface area contributed by atoms with E-state index in [4.69, 9.17) is 0 Å². The Balaban J connectivity index is 1.48. The minimum atomic E-state index is -0.134. The lowest BCUT2D eigenvalue weighted by Gasteiger charge is -2.38. The Bertz CT molecular complexity index is 376. The fraction of sp³-hybridized carbons (Fsp3) is 0.600. The van der Waals surface area contributed by atoms with Gasteiger partial charge in [-0.25, -0.2) is 4.39 Å². The summed E-state index contributed by atoms with van der Waals surface area (Å²) in [6.07, 6.45) is 5.23. The molecule has 0 aromatic heterocycles. The van der Waals surface area contributed by atoms with Crippen LogP contribution >= 0.6 is 0 Å². The van der Waals surface area contributed by atoms with E-state index in [1.165, 1.54) is 31.2 Å². The fourth-order valence-corrected chi connectivity index (χ4v) is 2.87. The van der Waals surface area contributed by atoms with E-state index >= 15 is 0 Å². The van der Waals surface area contributed by atoms with Gasteiger partial charge >= 0.3 is 0 Å². The quantitative estimate of drug-likeness (QED) is 0.839. The van der Waals surface area contributed by atoms with E-state index in [9.17, 15) is 4.39 Å². The van der Waals surface area contributed by atoms with E-state index in [-0.39, 0.29) is 5.82 Å². The highest BCUT2D eigenvalue weighted by Crippen LogP contribution is 2.39. The molecule has 0 bridgehead atoms. The Morgan fingerprint density at radius 1 is 1.18 bits per heavy atom. The van der Waals surface area contributed by atoms with Gasteiger partial charge in [0.1, 0.15) is 5.82 Å². The van der Waals surface area contributed by atoms with Gasteiger partial charge in [-0.05, 0) is 62.1 Å².